The number of fused-ring (bicyclic) bond motifs is 1. The molecule has 0 atom stereocenters. The van der Waals surface area contributed by atoms with E-state index in [1.165, 1.54) is 11.1 Å². The molecule has 1 saturated heterocycles. The molecule has 1 amide bonds. The van der Waals surface area contributed by atoms with Crippen LogP contribution in [0.1, 0.15) is 21.5 Å². The van der Waals surface area contributed by atoms with Crippen LogP contribution in [-0.4, -0.2) is 60.8 Å². The molecule has 140 valence electrons. The number of ketones is 1. The number of carbonyl (C=O) groups excluding carboxylic acids is 2. The van der Waals surface area contributed by atoms with Gasteiger partial charge in [0, 0.05) is 45.8 Å². The molecule has 0 saturated carbocycles. The lowest BCUT2D eigenvalue weighted by atomic mass is 10.1. The summed E-state index contributed by atoms with van der Waals surface area (Å²) in [4.78, 5) is 30.8. The molecule has 2 aliphatic rings. The van der Waals surface area contributed by atoms with E-state index in [-0.39, 0.29) is 5.78 Å². The molecule has 2 aromatic carbocycles. The summed E-state index contributed by atoms with van der Waals surface area (Å²) in [6.07, 6.45) is 0. The summed E-state index contributed by atoms with van der Waals surface area (Å²) in [5, 5.41) is 0. The van der Waals surface area contributed by atoms with Crippen molar-refractivity contribution in [3.63, 3.8) is 0 Å². The van der Waals surface area contributed by atoms with E-state index in [1.54, 1.807) is 17.0 Å². The van der Waals surface area contributed by atoms with Gasteiger partial charge in [0.05, 0.1) is 11.3 Å². The van der Waals surface area contributed by atoms with Crippen molar-refractivity contribution in [1.29, 1.82) is 0 Å². The van der Waals surface area contributed by atoms with Gasteiger partial charge in [0.25, 0.3) is 11.7 Å². The molecule has 2 aromatic rings. The van der Waals surface area contributed by atoms with Gasteiger partial charge < -0.3 is 4.90 Å². The molecular formula is C22H25N3O2. The summed E-state index contributed by atoms with van der Waals surface area (Å²) >= 11 is 0. The first-order valence-corrected chi connectivity index (χ1v) is 9.57. The Morgan fingerprint density at radius 3 is 2.37 bits per heavy atom. The van der Waals surface area contributed by atoms with Gasteiger partial charge in [-0.15, -0.1) is 0 Å². The monoisotopic (exact) mass is 363 g/mol. The summed E-state index contributed by atoms with van der Waals surface area (Å²) in [6, 6.07) is 16.0. The van der Waals surface area contributed by atoms with Gasteiger partial charge in [-0.1, -0.05) is 42.0 Å². The molecule has 2 aliphatic heterocycles. The maximum atomic E-state index is 12.3. The molecule has 0 unspecified atom stereocenters. The molecule has 4 rings (SSSR count). The van der Waals surface area contributed by atoms with Crippen molar-refractivity contribution in [3.05, 3.63) is 65.2 Å². The van der Waals surface area contributed by atoms with Crippen molar-refractivity contribution in [3.8, 4) is 0 Å². The van der Waals surface area contributed by atoms with Crippen LogP contribution < -0.4 is 4.90 Å². The predicted octanol–water partition coefficient (Wildman–Crippen LogP) is 2.34. The number of benzene rings is 2. The van der Waals surface area contributed by atoms with Crippen LogP contribution in [0.25, 0.3) is 0 Å². The van der Waals surface area contributed by atoms with Crippen molar-refractivity contribution < 1.29 is 9.59 Å². The Hall–Kier alpha value is -2.50. The average molecular weight is 363 g/mol. The number of para-hydroxylation sites is 1. The highest BCUT2D eigenvalue weighted by Crippen LogP contribution is 2.28. The van der Waals surface area contributed by atoms with E-state index in [2.05, 4.69) is 41.0 Å². The van der Waals surface area contributed by atoms with Gasteiger partial charge in [-0.3, -0.25) is 19.4 Å². The predicted molar refractivity (Wildman–Crippen MR) is 106 cm³/mol. The lowest BCUT2D eigenvalue weighted by molar-refractivity contribution is -0.114. The fourth-order valence-corrected chi connectivity index (χ4v) is 3.95. The third-order valence-electron chi connectivity index (χ3n) is 5.47. The lowest BCUT2D eigenvalue weighted by Gasteiger charge is -2.35. The minimum atomic E-state index is -0.394. The Morgan fingerprint density at radius 2 is 1.59 bits per heavy atom. The zero-order chi connectivity index (χ0) is 18.8. The second-order valence-corrected chi connectivity index (χ2v) is 7.41. The number of piperazine rings is 1. The van der Waals surface area contributed by atoms with Gasteiger partial charge >= 0.3 is 0 Å². The van der Waals surface area contributed by atoms with Crippen LogP contribution in [0, 0.1) is 6.92 Å². The smallest absolute Gasteiger partial charge is 0.299 e. The first-order valence-electron chi connectivity index (χ1n) is 9.57. The van der Waals surface area contributed by atoms with Gasteiger partial charge in [-0.2, -0.15) is 0 Å². The lowest BCUT2D eigenvalue weighted by Crippen LogP contribution is -2.48. The Kier molecular flexibility index (Phi) is 5.05. The number of amides is 1. The van der Waals surface area contributed by atoms with Crippen molar-refractivity contribution in [2.45, 2.75) is 13.5 Å². The minimum absolute atomic E-state index is 0.381. The number of nitrogens with zero attached hydrogens (tertiary/aromatic N) is 3. The topological polar surface area (TPSA) is 43.9 Å². The van der Waals surface area contributed by atoms with E-state index in [9.17, 15) is 9.59 Å². The number of hydrogen-bond acceptors (Lipinski definition) is 4. The number of hydrogen-bond donors (Lipinski definition) is 0. The van der Waals surface area contributed by atoms with Gasteiger partial charge in [0.2, 0.25) is 0 Å². The van der Waals surface area contributed by atoms with Crippen LogP contribution >= 0.6 is 0 Å². The van der Waals surface area contributed by atoms with E-state index in [4.69, 9.17) is 0 Å². The van der Waals surface area contributed by atoms with Crippen LogP contribution in [0.4, 0.5) is 5.69 Å². The standard InChI is InChI=1S/C22H25N3O2/c1-17-5-4-6-18(15-17)16-24-11-9-23(10-12-24)13-14-25-20-8-3-2-7-19(20)21(26)22(25)27/h2-8,15H,9-14,16H2,1H3. The number of Topliss-reactive ketones (excluding diaryl/α,β-unsaturated/α-hetero) is 1. The number of rotatable bonds is 5. The Morgan fingerprint density at radius 1 is 0.852 bits per heavy atom. The quantitative estimate of drug-likeness (QED) is 0.765. The molecule has 2 heterocycles. The highest BCUT2D eigenvalue weighted by Gasteiger charge is 2.35. The van der Waals surface area contributed by atoms with E-state index >= 15 is 0 Å². The number of carbonyl (C=O) groups is 2. The van der Waals surface area contributed by atoms with E-state index in [0.717, 1.165) is 45.0 Å². The molecule has 0 bridgehead atoms. The molecule has 1 fully saturated rings. The largest absolute Gasteiger partial charge is 0.303 e. The van der Waals surface area contributed by atoms with E-state index in [0.29, 0.717) is 12.1 Å². The molecule has 0 aromatic heterocycles. The molecule has 0 spiro atoms. The van der Waals surface area contributed by atoms with Crippen LogP contribution in [0.3, 0.4) is 0 Å². The normalized spacial score (nSPS) is 18.2. The molecule has 0 radical (unpaired) electrons. The SMILES string of the molecule is Cc1cccc(CN2CCN(CCN3C(=O)C(=O)c4ccccc43)CC2)c1. The van der Waals surface area contributed by atoms with Crippen molar-refractivity contribution in [1.82, 2.24) is 9.80 Å². The zero-order valence-electron chi connectivity index (χ0n) is 15.7. The maximum absolute atomic E-state index is 12.3. The van der Waals surface area contributed by atoms with Gasteiger partial charge in [0.1, 0.15) is 0 Å². The second kappa shape index (κ2) is 7.62. The highest BCUT2D eigenvalue weighted by atomic mass is 16.2. The van der Waals surface area contributed by atoms with Gasteiger partial charge in [-0.25, -0.2) is 0 Å². The summed E-state index contributed by atoms with van der Waals surface area (Å²) < 4.78 is 0. The van der Waals surface area contributed by atoms with Crippen molar-refractivity contribution in [2.75, 3.05) is 44.2 Å². The zero-order valence-corrected chi connectivity index (χ0v) is 15.7. The van der Waals surface area contributed by atoms with E-state index < -0.39 is 5.91 Å². The molecular weight excluding hydrogens is 338 g/mol. The summed E-state index contributed by atoms with van der Waals surface area (Å²) in [5.41, 5.74) is 3.95. The Bertz CT molecular complexity index is 856. The number of anilines is 1. The first-order chi connectivity index (χ1) is 13.1. The molecule has 0 N–H and O–H groups in total. The van der Waals surface area contributed by atoms with Crippen LogP contribution in [0.15, 0.2) is 48.5 Å². The van der Waals surface area contributed by atoms with Crippen LogP contribution in [0.5, 0.6) is 0 Å². The third-order valence-corrected chi connectivity index (χ3v) is 5.47. The first kappa shape index (κ1) is 17.9. The van der Waals surface area contributed by atoms with Crippen LogP contribution in [0.2, 0.25) is 0 Å². The van der Waals surface area contributed by atoms with Gasteiger partial charge in [0.15, 0.2) is 0 Å². The maximum Gasteiger partial charge on any atom is 0.299 e. The van der Waals surface area contributed by atoms with Crippen molar-refractivity contribution in [2.24, 2.45) is 0 Å². The fourth-order valence-electron chi connectivity index (χ4n) is 3.95. The minimum Gasteiger partial charge on any atom is -0.303 e. The second-order valence-electron chi connectivity index (χ2n) is 7.41. The summed E-state index contributed by atoms with van der Waals surface area (Å²) in [5.74, 6) is -0.775. The molecule has 0 aliphatic carbocycles. The Balaban J connectivity index is 1.29. The molecule has 5 nitrogen and oxygen atoms in total. The highest BCUT2D eigenvalue weighted by molar-refractivity contribution is 6.52. The Labute approximate surface area is 160 Å². The van der Waals surface area contributed by atoms with Crippen LogP contribution in [-0.2, 0) is 11.3 Å². The number of aryl methyl sites for hydroxylation is 1. The molecule has 5 heteroatoms. The summed E-state index contributed by atoms with van der Waals surface area (Å²) in [6.45, 7) is 8.51. The fraction of sp³-hybridized carbons (Fsp3) is 0.364. The van der Waals surface area contributed by atoms with Gasteiger partial charge in [-0.05, 0) is 24.6 Å². The van der Waals surface area contributed by atoms with E-state index in [1.807, 2.05) is 12.1 Å². The third kappa shape index (κ3) is 3.80. The average Bonchev–Trinajstić information content (AvgIpc) is 2.92. The summed E-state index contributed by atoms with van der Waals surface area (Å²) in [7, 11) is 0. The molecule has 27 heavy (non-hydrogen) atoms. The van der Waals surface area contributed by atoms with Crippen molar-refractivity contribution >= 4 is 17.4 Å².